The number of imidazole rings is 1. The Morgan fingerprint density at radius 2 is 1.90 bits per heavy atom. The standard InChI is InChI=1S/C21H23N5O2S/c1-15-3-2-4-18(24-15)25-11-13-26(14-12-25)21(27)28-17-7-5-16(6-8-17)19(29)20-22-9-10-23-20/h2-10,19,29H,11-14H2,1H3,(H,22,23). The largest absolute Gasteiger partial charge is 0.415 e. The Bertz CT molecular complexity index is 953. The van der Waals surface area contributed by atoms with Crippen molar-refractivity contribution in [2.45, 2.75) is 12.2 Å². The van der Waals surface area contributed by atoms with Gasteiger partial charge in [-0.2, -0.15) is 12.6 Å². The van der Waals surface area contributed by atoms with Crippen molar-refractivity contribution in [3.8, 4) is 5.75 Å². The molecule has 8 heteroatoms. The van der Waals surface area contributed by atoms with Gasteiger partial charge in [0, 0.05) is 44.3 Å². The first kappa shape index (κ1) is 19.3. The van der Waals surface area contributed by atoms with Crippen LogP contribution in [-0.2, 0) is 0 Å². The number of aromatic nitrogens is 3. The Balaban J connectivity index is 1.32. The van der Waals surface area contributed by atoms with Gasteiger partial charge in [-0.1, -0.05) is 18.2 Å². The molecule has 1 amide bonds. The van der Waals surface area contributed by atoms with E-state index >= 15 is 0 Å². The average molecular weight is 410 g/mol. The lowest BCUT2D eigenvalue weighted by atomic mass is 10.1. The number of benzene rings is 1. The third-order valence-electron chi connectivity index (χ3n) is 4.91. The molecule has 1 fully saturated rings. The third-order valence-corrected chi connectivity index (χ3v) is 5.46. The molecule has 1 N–H and O–H groups in total. The van der Waals surface area contributed by atoms with Crippen LogP contribution in [0, 0.1) is 6.92 Å². The quantitative estimate of drug-likeness (QED) is 0.646. The van der Waals surface area contributed by atoms with E-state index in [1.165, 1.54) is 0 Å². The summed E-state index contributed by atoms with van der Waals surface area (Å²) in [6.07, 6.45) is 3.13. The SMILES string of the molecule is Cc1cccc(N2CCN(C(=O)Oc3ccc(C(S)c4ncc[nH]4)cc3)CC2)n1. The van der Waals surface area contributed by atoms with Gasteiger partial charge in [-0.25, -0.2) is 14.8 Å². The Morgan fingerprint density at radius 3 is 2.55 bits per heavy atom. The fourth-order valence-corrected chi connectivity index (χ4v) is 3.60. The summed E-state index contributed by atoms with van der Waals surface area (Å²) >= 11 is 4.59. The summed E-state index contributed by atoms with van der Waals surface area (Å²) in [6.45, 7) is 4.64. The van der Waals surface area contributed by atoms with Gasteiger partial charge < -0.3 is 19.5 Å². The summed E-state index contributed by atoms with van der Waals surface area (Å²) in [7, 11) is 0. The molecule has 0 bridgehead atoms. The summed E-state index contributed by atoms with van der Waals surface area (Å²) < 4.78 is 5.54. The predicted octanol–water partition coefficient (Wildman–Crippen LogP) is 3.45. The van der Waals surface area contributed by atoms with E-state index in [0.717, 1.165) is 36.0 Å². The first-order chi connectivity index (χ1) is 14.1. The Morgan fingerprint density at radius 1 is 1.14 bits per heavy atom. The van der Waals surface area contributed by atoms with Crippen LogP contribution < -0.4 is 9.64 Å². The minimum atomic E-state index is -0.331. The molecule has 0 spiro atoms. The minimum absolute atomic E-state index is 0.155. The number of anilines is 1. The molecule has 1 saturated heterocycles. The number of thiol groups is 1. The number of piperazine rings is 1. The zero-order valence-electron chi connectivity index (χ0n) is 16.2. The lowest BCUT2D eigenvalue weighted by molar-refractivity contribution is 0.149. The first-order valence-corrected chi connectivity index (χ1v) is 10.0. The number of rotatable bonds is 4. The average Bonchev–Trinajstić information content (AvgIpc) is 3.29. The maximum Gasteiger partial charge on any atom is 0.415 e. The second-order valence-electron chi connectivity index (χ2n) is 6.93. The van der Waals surface area contributed by atoms with Crippen LogP contribution in [0.1, 0.15) is 22.3 Å². The van der Waals surface area contributed by atoms with Gasteiger partial charge in [0.2, 0.25) is 0 Å². The number of aromatic amines is 1. The number of hydrogen-bond acceptors (Lipinski definition) is 6. The van der Waals surface area contributed by atoms with Gasteiger partial charge in [0.1, 0.15) is 17.4 Å². The number of pyridine rings is 1. The van der Waals surface area contributed by atoms with Crippen molar-refractivity contribution in [1.29, 1.82) is 0 Å². The van der Waals surface area contributed by atoms with Crippen molar-refractivity contribution in [2.24, 2.45) is 0 Å². The van der Waals surface area contributed by atoms with Crippen LogP contribution in [-0.4, -0.2) is 52.1 Å². The molecule has 2 aromatic heterocycles. The molecule has 1 atom stereocenters. The summed E-state index contributed by atoms with van der Waals surface area (Å²) in [6, 6.07) is 13.3. The van der Waals surface area contributed by atoms with Crippen LogP contribution in [0.15, 0.2) is 54.9 Å². The fourth-order valence-electron chi connectivity index (χ4n) is 3.29. The normalized spacial score (nSPS) is 15.2. The van der Waals surface area contributed by atoms with Crippen molar-refractivity contribution < 1.29 is 9.53 Å². The lowest BCUT2D eigenvalue weighted by Crippen LogP contribution is -2.49. The van der Waals surface area contributed by atoms with E-state index in [9.17, 15) is 4.79 Å². The number of hydrogen-bond donors (Lipinski definition) is 2. The van der Waals surface area contributed by atoms with E-state index < -0.39 is 0 Å². The van der Waals surface area contributed by atoms with Gasteiger partial charge in [0.05, 0.1) is 5.25 Å². The highest BCUT2D eigenvalue weighted by Gasteiger charge is 2.23. The van der Waals surface area contributed by atoms with E-state index in [-0.39, 0.29) is 11.3 Å². The van der Waals surface area contributed by atoms with Crippen LogP contribution in [0.25, 0.3) is 0 Å². The third kappa shape index (κ3) is 4.54. The van der Waals surface area contributed by atoms with Gasteiger partial charge in [0.15, 0.2) is 0 Å². The Kier molecular flexibility index (Phi) is 5.71. The molecule has 0 aliphatic carbocycles. The molecule has 3 heterocycles. The number of nitrogens with zero attached hydrogens (tertiary/aromatic N) is 4. The summed E-state index contributed by atoms with van der Waals surface area (Å²) in [5.41, 5.74) is 1.96. The molecule has 1 unspecified atom stereocenters. The van der Waals surface area contributed by atoms with Crippen LogP contribution in [0.5, 0.6) is 5.75 Å². The van der Waals surface area contributed by atoms with Gasteiger partial charge in [-0.3, -0.25) is 0 Å². The van der Waals surface area contributed by atoms with E-state index in [4.69, 9.17) is 4.74 Å². The van der Waals surface area contributed by atoms with Gasteiger partial charge in [0.25, 0.3) is 0 Å². The number of nitrogens with one attached hydrogen (secondary N) is 1. The first-order valence-electron chi connectivity index (χ1n) is 9.53. The summed E-state index contributed by atoms with van der Waals surface area (Å²) in [5, 5.41) is -0.155. The van der Waals surface area contributed by atoms with Crippen molar-refractivity contribution in [3.63, 3.8) is 0 Å². The highest BCUT2D eigenvalue weighted by molar-refractivity contribution is 7.80. The number of carbonyl (C=O) groups excluding carboxylic acids is 1. The van der Waals surface area contributed by atoms with E-state index in [1.807, 2.05) is 37.3 Å². The maximum atomic E-state index is 12.5. The highest BCUT2D eigenvalue weighted by Crippen LogP contribution is 2.27. The van der Waals surface area contributed by atoms with Crippen molar-refractivity contribution in [1.82, 2.24) is 19.9 Å². The number of carbonyl (C=O) groups is 1. The molecule has 4 rings (SSSR count). The highest BCUT2D eigenvalue weighted by atomic mass is 32.1. The zero-order chi connectivity index (χ0) is 20.2. The topological polar surface area (TPSA) is 74.3 Å². The van der Waals surface area contributed by atoms with Crippen LogP contribution in [0.3, 0.4) is 0 Å². The summed E-state index contributed by atoms with van der Waals surface area (Å²) in [5.74, 6) is 2.24. The number of aryl methyl sites for hydroxylation is 1. The molecule has 3 aromatic rings. The predicted molar refractivity (Wildman–Crippen MR) is 115 cm³/mol. The van der Waals surface area contributed by atoms with Gasteiger partial charge in [-0.15, -0.1) is 0 Å². The summed E-state index contributed by atoms with van der Waals surface area (Å²) in [4.78, 5) is 28.3. The molecule has 150 valence electrons. The molecule has 0 saturated carbocycles. The van der Waals surface area contributed by atoms with E-state index in [0.29, 0.717) is 18.8 Å². The lowest BCUT2D eigenvalue weighted by Gasteiger charge is -2.34. The fraction of sp³-hybridized carbons (Fsp3) is 0.286. The molecule has 1 aromatic carbocycles. The second-order valence-corrected chi connectivity index (χ2v) is 7.44. The zero-order valence-corrected chi connectivity index (χ0v) is 17.0. The number of amides is 1. The Hall–Kier alpha value is -3.00. The van der Waals surface area contributed by atoms with Gasteiger partial charge >= 0.3 is 6.09 Å². The van der Waals surface area contributed by atoms with Crippen molar-refractivity contribution in [2.75, 3.05) is 31.1 Å². The maximum absolute atomic E-state index is 12.5. The molecule has 0 radical (unpaired) electrons. The van der Waals surface area contributed by atoms with Gasteiger partial charge in [-0.05, 0) is 36.8 Å². The number of ether oxygens (including phenoxy) is 1. The van der Waals surface area contributed by atoms with E-state index in [1.54, 1.807) is 29.4 Å². The van der Waals surface area contributed by atoms with Crippen LogP contribution in [0.2, 0.25) is 0 Å². The van der Waals surface area contributed by atoms with Crippen LogP contribution in [0.4, 0.5) is 10.6 Å². The Labute approximate surface area is 175 Å². The molecular formula is C21H23N5O2S. The monoisotopic (exact) mass is 409 g/mol. The molecule has 7 nitrogen and oxygen atoms in total. The molecular weight excluding hydrogens is 386 g/mol. The molecule has 1 aliphatic rings. The van der Waals surface area contributed by atoms with Crippen molar-refractivity contribution >= 4 is 24.5 Å². The molecule has 1 aliphatic heterocycles. The number of H-pyrrole nitrogens is 1. The second kappa shape index (κ2) is 8.57. The van der Waals surface area contributed by atoms with E-state index in [2.05, 4.69) is 32.5 Å². The molecule has 29 heavy (non-hydrogen) atoms. The van der Waals surface area contributed by atoms with Crippen molar-refractivity contribution in [3.05, 3.63) is 71.9 Å². The van der Waals surface area contributed by atoms with Crippen LogP contribution >= 0.6 is 12.6 Å². The smallest absolute Gasteiger partial charge is 0.410 e. The minimum Gasteiger partial charge on any atom is -0.410 e.